The smallest absolute Gasteiger partial charge is 0.156 e. The Labute approximate surface area is 164 Å². The third kappa shape index (κ3) is 5.13. The Hall–Kier alpha value is -1.75. The number of hydrogen-bond donors (Lipinski definition) is 0. The van der Waals surface area contributed by atoms with Crippen LogP contribution in [0.3, 0.4) is 0 Å². The van der Waals surface area contributed by atoms with Gasteiger partial charge in [0.25, 0.3) is 0 Å². The molecule has 0 spiro atoms. The van der Waals surface area contributed by atoms with E-state index in [1.807, 2.05) is 37.5 Å². The van der Waals surface area contributed by atoms with E-state index in [1.54, 1.807) is 17.5 Å². The van der Waals surface area contributed by atoms with Gasteiger partial charge in [-0.3, -0.25) is 14.9 Å². The molecule has 0 fully saturated rings. The van der Waals surface area contributed by atoms with E-state index < -0.39 is 0 Å². The molecule has 1 aromatic heterocycles. The highest BCUT2D eigenvalue weighted by Gasteiger charge is 2.13. The van der Waals surface area contributed by atoms with Crippen molar-refractivity contribution in [2.24, 2.45) is 0 Å². The summed E-state index contributed by atoms with van der Waals surface area (Å²) in [7, 11) is 1.90. The minimum absolute atomic E-state index is 0.200. The number of pyridine rings is 1. The van der Waals surface area contributed by atoms with E-state index in [0.29, 0.717) is 22.4 Å². The Bertz CT molecular complexity index is 730. The average molecular weight is 393 g/mol. The first kappa shape index (κ1) is 19.0. The van der Waals surface area contributed by atoms with E-state index >= 15 is 0 Å². The zero-order valence-electron chi connectivity index (χ0n) is 14.7. The van der Waals surface area contributed by atoms with Gasteiger partial charge in [-0.2, -0.15) is 0 Å². The van der Waals surface area contributed by atoms with Crippen molar-refractivity contribution in [1.29, 1.82) is 0 Å². The maximum absolute atomic E-state index is 6.37. The Morgan fingerprint density at radius 3 is 2.46 bits per heavy atom. The second-order valence-corrected chi connectivity index (χ2v) is 7.05. The summed E-state index contributed by atoms with van der Waals surface area (Å²) in [4.78, 5) is 9.59. The fraction of sp³-hybridized carbons (Fsp3) is 0.350. The fourth-order valence-electron chi connectivity index (χ4n) is 2.86. The van der Waals surface area contributed by atoms with Crippen molar-refractivity contribution in [3.63, 3.8) is 0 Å². The Kier molecular flexibility index (Phi) is 6.78. The van der Waals surface area contributed by atoms with Crippen molar-refractivity contribution in [3.8, 4) is 16.9 Å². The van der Waals surface area contributed by atoms with Gasteiger partial charge in [0, 0.05) is 25.6 Å². The van der Waals surface area contributed by atoms with Crippen molar-refractivity contribution >= 4 is 23.2 Å². The van der Waals surface area contributed by atoms with Crippen molar-refractivity contribution < 1.29 is 9.57 Å². The number of halogens is 2. The number of aromatic nitrogens is 1. The predicted octanol–water partition coefficient (Wildman–Crippen LogP) is 5.75. The van der Waals surface area contributed by atoms with E-state index in [-0.39, 0.29) is 6.10 Å². The third-order valence-electron chi connectivity index (χ3n) is 4.20. The van der Waals surface area contributed by atoms with Gasteiger partial charge in [-0.15, -0.1) is 0 Å². The summed E-state index contributed by atoms with van der Waals surface area (Å²) >= 11 is 12.7. The predicted molar refractivity (Wildman–Crippen MR) is 105 cm³/mol. The summed E-state index contributed by atoms with van der Waals surface area (Å²) < 4.78 is 5.82. The van der Waals surface area contributed by atoms with Crippen molar-refractivity contribution in [3.05, 3.63) is 59.0 Å². The van der Waals surface area contributed by atoms with E-state index in [9.17, 15) is 0 Å². The van der Waals surface area contributed by atoms with Gasteiger partial charge in [-0.05, 0) is 60.7 Å². The van der Waals surface area contributed by atoms with Crippen LogP contribution in [0.5, 0.6) is 5.75 Å². The largest absolute Gasteiger partial charge is 0.490 e. The van der Waals surface area contributed by atoms with Crippen LogP contribution in [0.1, 0.15) is 25.7 Å². The van der Waals surface area contributed by atoms with Gasteiger partial charge in [-0.25, -0.2) is 0 Å². The molecule has 4 nitrogen and oxygen atoms in total. The molecule has 0 radical (unpaired) electrons. The molecule has 0 bridgehead atoms. The van der Waals surface area contributed by atoms with Crippen LogP contribution in [-0.4, -0.2) is 29.8 Å². The quantitative estimate of drug-likeness (QED) is 0.535. The van der Waals surface area contributed by atoms with Gasteiger partial charge in [-0.1, -0.05) is 29.6 Å². The summed E-state index contributed by atoms with van der Waals surface area (Å²) in [5.74, 6) is 0.551. The average Bonchev–Trinajstić information content (AvgIpc) is 3.05. The molecule has 1 atom stereocenters. The molecule has 3 rings (SSSR count). The minimum Gasteiger partial charge on any atom is -0.490 e. The molecule has 0 N–H and O–H groups in total. The van der Waals surface area contributed by atoms with E-state index in [1.165, 1.54) is 0 Å². The lowest BCUT2D eigenvalue weighted by molar-refractivity contribution is -0.112. The van der Waals surface area contributed by atoms with Crippen molar-refractivity contribution in [1.82, 2.24) is 10.0 Å². The molecule has 1 aromatic carbocycles. The molecule has 0 saturated carbocycles. The number of hydroxylamine groups is 2. The van der Waals surface area contributed by atoms with Crippen LogP contribution in [0.25, 0.3) is 11.1 Å². The first-order valence-electron chi connectivity index (χ1n) is 8.73. The highest BCUT2D eigenvalue weighted by molar-refractivity contribution is 6.37. The lowest BCUT2D eigenvalue weighted by Crippen LogP contribution is -2.13. The van der Waals surface area contributed by atoms with Crippen molar-refractivity contribution in [2.45, 2.75) is 31.8 Å². The highest BCUT2D eigenvalue weighted by Crippen LogP contribution is 2.37. The lowest BCUT2D eigenvalue weighted by atomic mass is 10.1. The highest BCUT2D eigenvalue weighted by atomic mass is 35.5. The SMILES string of the molecule is CN1C=CC(CCCCCOc2c(Cl)cc(-c3ccncc3)cc2Cl)O1. The topological polar surface area (TPSA) is 34.6 Å². The van der Waals surface area contributed by atoms with Crippen LogP contribution in [0.4, 0.5) is 0 Å². The minimum atomic E-state index is 0.200. The molecule has 1 aliphatic heterocycles. The fourth-order valence-corrected chi connectivity index (χ4v) is 3.45. The van der Waals surface area contributed by atoms with Gasteiger partial charge in [0.15, 0.2) is 5.75 Å². The van der Waals surface area contributed by atoms with E-state index in [4.69, 9.17) is 32.8 Å². The zero-order chi connectivity index (χ0) is 18.4. The van der Waals surface area contributed by atoms with Crippen LogP contribution >= 0.6 is 23.2 Å². The second-order valence-electron chi connectivity index (χ2n) is 6.23. The summed E-state index contributed by atoms with van der Waals surface area (Å²) in [6.45, 7) is 0.593. The molecular weight excluding hydrogens is 371 g/mol. The molecule has 2 heterocycles. The number of hydrogen-bond acceptors (Lipinski definition) is 4. The molecule has 2 aromatic rings. The number of ether oxygens (including phenoxy) is 1. The Morgan fingerprint density at radius 2 is 1.81 bits per heavy atom. The molecule has 6 heteroatoms. The second kappa shape index (κ2) is 9.26. The maximum Gasteiger partial charge on any atom is 0.156 e. The number of rotatable bonds is 8. The molecule has 0 aliphatic carbocycles. The van der Waals surface area contributed by atoms with Gasteiger partial charge < -0.3 is 4.74 Å². The molecule has 0 saturated heterocycles. The summed E-state index contributed by atoms with van der Waals surface area (Å²) in [5.41, 5.74) is 1.97. The molecule has 1 unspecified atom stereocenters. The third-order valence-corrected chi connectivity index (χ3v) is 4.77. The van der Waals surface area contributed by atoms with Crippen molar-refractivity contribution in [2.75, 3.05) is 13.7 Å². The summed E-state index contributed by atoms with van der Waals surface area (Å²) in [5, 5.41) is 2.79. The van der Waals surface area contributed by atoms with Crippen LogP contribution in [-0.2, 0) is 4.84 Å². The Morgan fingerprint density at radius 1 is 1.08 bits per heavy atom. The van der Waals surface area contributed by atoms with Gasteiger partial charge in [0.1, 0.15) is 6.10 Å². The normalized spacial score (nSPS) is 16.3. The molecule has 1 aliphatic rings. The maximum atomic E-state index is 6.37. The molecule has 0 amide bonds. The van der Waals surface area contributed by atoms with E-state index in [2.05, 4.69) is 11.1 Å². The molecule has 138 valence electrons. The first-order valence-corrected chi connectivity index (χ1v) is 9.49. The van der Waals surface area contributed by atoms with Crippen LogP contribution in [0.2, 0.25) is 10.0 Å². The Balaban J connectivity index is 1.45. The van der Waals surface area contributed by atoms with Gasteiger partial charge in [0.05, 0.1) is 16.7 Å². The molecule has 26 heavy (non-hydrogen) atoms. The zero-order valence-corrected chi connectivity index (χ0v) is 16.2. The van der Waals surface area contributed by atoms with E-state index in [0.717, 1.165) is 36.8 Å². The lowest BCUT2D eigenvalue weighted by Gasteiger charge is -2.13. The van der Waals surface area contributed by atoms with Crippen LogP contribution in [0.15, 0.2) is 48.9 Å². The number of nitrogens with zero attached hydrogens (tertiary/aromatic N) is 2. The summed E-state index contributed by atoms with van der Waals surface area (Å²) in [6.07, 6.45) is 11.8. The number of unbranched alkanes of at least 4 members (excludes halogenated alkanes) is 2. The monoisotopic (exact) mass is 392 g/mol. The first-order chi connectivity index (χ1) is 12.6. The van der Waals surface area contributed by atoms with Gasteiger partial charge >= 0.3 is 0 Å². The van der Waals surface area contributed by atoms with Gasteiger partial charge in [0.2, 0.25) is 0 Å². The molecular formula is C20H22Cl2N2O2. The number of benzene rings is 1. The van der Waals surface area contributed by atoms with Crippen LogP contribution in [0, 0.1) is 0 Å². The standard InChI is InChI=1S/C20H22Cl2N2O2/c1-24-11-8-17(26-24)5-3-2-4-12-25-20-18(21)13-16(14-19(20)22)15-6-9-23-10-7-15/h6-11,13-14,17H,2-5,12H2,1H3. The van der Waals surface area contributed by atoms with Crippen LogP contribution < -0.4 is 4.74 Å². The summed E-state index contributed by atoms with van der Waals surface area (Å²) in [6, 6.07) is 7.59.